The summed E-state index contributed by atoms with van der Waals surface area (Å²) in [7, 11) is 0. The molecule has 2 aromatic carbocycles. The maximum Gasteiger partial charge on any atom is 0.321 e. The molecule has 0 saturated carbocycles. The Labute approximate surface area is 162 Å². The lowest BCUT2D eigenvalue weighted by Crippen LogP contribution is -2.45. The number of carbonyl (C=O) groups is 2. The Hall–Kier alpha value is -2.18. The molecule has 0 aliphatic heterocycles. The van der Waals surface area contributed by atoms with Crippen LogP contribution in [-0.2, 0) is 4.79 Å². The van der Waals surface area contributed by atoms with Gasteiger partial charge in [-0.25, -0.2) is 4.79 Å². The third-order valence-electron chi connectivity index (χ3n) is 4.02. The van der Waals surface area contributed by atoms with Gasteiger partial charge >= 0.3 is 6.03 Å². The number of imide groups is 1. The predicted octanol–water partition coefficient (Wildman–Crippen LogP) is 4.08. The summed E-state index contributed by atoms with van der Waals surface area (Å²) in [6.07, 6.45) is 0.805. The van der Waals surface area contributed by atoms with E-state index in [-0.39, 0.29) is 11.9 Å². The van der Waals surface area contributed by atoms with Gasteiger partial charge in [0, 0.05) is 17.1 Å². The Balaban J connectivity index is 2.23. The Bertz CT molecular complexity index is 720. The molecule has 0 radical (unpaired) electrons. The number of urea groups is 1. The highest BCUT2D eigenvalue weighted by Gasteiger charge is 2.25. The number of carbonyl (C=O) groups excluding carboxylic acids is 2. The average Bonchev–Trinajstić information content (AvgIpc) is 2.64. The van der Waals surface area contributed by atoms with Crippen LogP contribution in [0.3, 0.4) is 0 Å². The molecule has 0 heterocycles. The molecule has 0 spiro atoms. The predicted molar refractivity (Wildman–Crippen MR) is 107 cm³/mol. The second-order valence-electron chi connectivity index (χ2n) is 5.87. The smallest absolute Gasteiger partial charge is 0.321 e. The van der Waals surface area contributed by atoms with E-state index in [2.05, 4.69) is 38.8 Å². The van der Waals surface area contributed by atoms with Crippen molar-refractivity contribution in [1.82, 2.24) is 16.0 Å². The van der Waals surface area contributed by atoms with Crippen molar-refractivity contribution < 1.29 is 9.59 Å². The molecule has 2 rings (SSSR count). The number of benzene rings is 2. The number of amides is 3. The third kappa shape index (κ3) is 5.68. The first-order valence-electron chi connectivity index (χ1n) is 8.70. The van der Waals surface area contributed by atoms with Crippen LogP contribution in [0.15, 0.2) is 59.1 Å². The van der Waals surface area contributed by atoms with Crippen molar-refractivity contribution >= 4 is 27.9 Å². The van der Waals surface area contributed by atoms with Crippen molar-refractivity contribution in [2.45, 2.75) is 32.4 Å². The molecule has 3 N–H and O–H groups in total. The number of halogens is 1. The van der Waals surface area contributed by atoms with E-state index in [0.717, 1.165) is 22.0 Å². The van der Waals surface area contributed by atoms with Gasteiger partial charge in [-0.3, -0.25) is 15.4 Å². The number of hydrogen-bond acceptors (Lipinski definition) is 3. The fourth-order valence-electron chi connectivity index (χ4n) is 2.70. The van der Waals surface area contributed by atoms with E-state index in [1.807, 2.05) is 54.6 Å². The average molecular weight is 418 g/mol. The third-order valence-corrected chi connectivity index (χ3v) is 4.55. The van der Waals surface area contributed by atoms with Crippen molar-refractivity contribution in [3.63, 3.8) is 0 Å². The van der Waals surface area contributed by atoms with E-state index >= 15 is 0 Å². The zero-order chi connectivity index (χ0) is 18.9. The largest absolute Gasteiger partial charge is 0.338 e. The van der Waals surface area contributed by atoms with E-state index in [4.69, 9.17) is 0 Å². The van der Waals surface area contributed by atoms with Gasteiger partial charge in [-0.2, -0.15) is 0 Å². The Morgan fingerprint density at radius 1 is 0.962 bits per heavy atom. The van der Waals surface area contributed by atoms with Crippen LogP contribution in [-0.4, -0.2) is 18.5 Å². The molecule has 26 heavy (non-hydrogen) atoms. The van der Waals surface area contributed by atoms with E-state index in [1.165, 1.54) is 0 Å². The normalized spacial score (nSPS) is 12.9. The van der Waals surface area contributed by atoms with Gasteiger partial charge in [-0.15, -0.1) is 0 Å². The first kappa shape index (κ1) is 20.1. The van der Waals surface area contributed by atoms with Crippen LogP contribution in [0.2, 0.25) is 0 Å². The van der Waals surface area contributed by atoms with Crippen LogP contribution in [0.25, 0.3) is 0 Å². The molecule has 0 unspecified atom stereocenters. The quantitative estimate of drug-likeness (QED) is 0.635. The van der Waals surface area contributed by atoms with E-state index < -0.39 is 12.1 Å². The second kappa shape index (κ2) is 10.1. The highest BCUT2D eigenvalue weighted by Crippen LogP contribution is 2.24. The van der Waals surface area contributed by atoms with Gasteiger partial charge in [0.1, 0.15) is 6.04 Å². The molecule has 0 aliphatic carbocycles. The summed E-state index contributed by atoms with van der Waals surface area (Å²) in [4.78, 5) is 24.5. The van der Waals surface area contributed by atoms with Gasteiger partial charge in [0.15, 0.2) is 0 Å². The van der Waals surface area contributed by atoms with Crippen LogP contribution in [0.4, 0.5) is 4.79 Å². The van der Waals surface area contributed by atoms with Gasteiger partial charge in [0.2, 0.25) is 5.91 Å². The summed E-state index contributed by atoms with van der Waals surface area (Å²) < 4.78 is 1.00. The topological polar surface area (TPSA) is 70.2 Å². The molecule has 6 heteroatoms. The molecular formula is C20H24BrN3O2. The van der Waals surface area contributed by atoms with Crippen LogP contribution in [0.1, 0.15) is 43.5 Å². The lowest BCUT2D eigenvalue weighted by molar-refractivity contribution is -0.122. The van der Waals surface area contributed by atoms with Crippen LogP contribution >= 0.6 is 15.9 Å². The molecule has 2 aromatic rings. The summed E-state index contributed by atoms with van der Waals surface area (Å²) in [5, 5.41) is 8.39. The highest BCUT2D eigenvalue weighted by molar-refractivity contribution is 9.10. The zero-order valence-electron chi connectivity index (χ0n) is 15.0. The Morgan fingerprint density at radius 2 is 1.62 bits per heavy atom. The maximum atomic E-state index is 12.7. The van der Waals surface area contributed by atoms with Crippen molar-refractivity contribution in [3.05, 3.63) is 70.2 Å². The number of nitrogens with one attached hydrogen (secondary N) is 3. The number of rotatable bonds is 7. The van der Waals surface area contributed by atoms with Crippen LogP contribution in [0, 0.1) is 0 Å². The lowest BCUT2D eigenvalue weighted by atomic mass is 10.00. The molecule has 5 nitrogen and oxygen atoms in total. The minimum absolute atomic E-state index is 0.0201. The molecule has 3 amide bonds. The molecule has 0 saturated heterocycles. The van der Waals surface area contributed by atoms with Crippen molar-refractivity contribution in [2.24, 2.45) is 0 Å². The second-order valence-corrected chi connectivity index (χ2v) is 6.79. The Kier molecular flexibility index (Phi) is 7.81. The zero-order valence-corrected chi connectivity index (χ0v) is 16.5. The van der Waals surface area contributed by atoms with Crippen molar-refractivity contribution in [2.75, 3.05) is 6.54 Å². The van der Waals surface area contributed by atoms with Gasteiger partial charge in [-0.1, -0.05) is 65.3 Å². The minimum atomic E-state index is -0.632. The van der Waals surface area contributed by atoms with Gasteiger partial charge in [0.25, 0.3) is 0 Å². The first-order chi connectivity index (χ1) is 12.5. The lowest BCUT2D eigenvalue weighted by Gasteiger charge is -2.25. The molecule has 0 aliphatic rings. The minimum Gasteiger partial charge on any atom is -0.338 e. The standard InChI is InChI=1S/C20H24BrN3O2/c1-3-17(14-10-12-16(21)13-11-14)23-18(15-8-6-5-7-9-15)19(25)24-20(26)22-4-2/h5-13,17-18,23H,3-4H2,1-2H3,(H2,22,24,25,26)/t17-,18-/m0/s1. The number of hydrogen-bond donors (Lipinski definition) is 3. The van der Waals surface area contributed by atoms with E-state index in [0.29, 0.717) is 6.54 Å². The summed E-state index contributed by atoms with van der Waals surface area (Å²) in [6, 6.07) is 16.3. The molecule has 0 aromatic heterocycles. The molecule has 0 fully saturated rings. The van der Waals surface area contributed by atoms with E-state index in [1.54, 1.807) is 6.92 Å². The Morgan fingerprint density at radius 3 is 2.19 bits per heavy atom. The van der Waals surface area contributed by atoms with Gasteiger partial charge in [-0.05, 0) is 36.6 Å². The molecule has 0 bridgehead atoms. The van der Waals surface area contributed by atoms with Crippen molar-refractivity contribution in [3.8, 4) is 0 Å². The molecule has 138 valence electrons. The molecular weight excluding hydrogens is 394 g/mol. The van der Waals surface area contributed by atoms with Crippen molar-refractivity contribution in [1.29, 1.82) is 0 Å². The molecule has 2 atom stereocenters. The van der Waals surface area contributed by atoms with Gasteiger partial charge < -0.3 is 5.32 Å². The fourth-order valence-corrected chi connectivity index (χ4v) is 2.97. The van der Waals surface area contributed by atoms with E-state index in [9.17, 15) is 9.59 Å². The first-order valence-corrected chi connectivity index (χ1v) is 9.49. The van der Waals surface area contributed by atoms with Gasteiger partial charge in [0.05, 0.1) is 0 Å². The summed E-state index contributed by atoms with van der Waals surface area (Å²) >= 11 is 3.44. The summed E-state index contributed by atoms with van der Waals surface area (Å²) in [6.45, 7) is 4.32. The SMILES string of the molecule is CCNC(=O)NC(=O)[C@@H](N[C@@H](CC)c1ccc(Br)cc1)c1ccccc1. The highest BCUT2D eigenvalue weighted by atomic mass is 79.9. The monoisotopic (exact) mass is 417 g/mol. The summed E-state index contributed by atoms with van der Waals surface area (Å²) in [5.41, 5.74) is 1.90. The summed E-state index contributed by atoms with van der Waals surface area (Å²) in [5.74, 6) is -0.377. The fraction of sp³-hybridized carbons (Fsp3) is 0.300. The van der Waals surface area contributed by atoms with Crippen LogP contribution < -0.4 is 16.0 Å². The van der Waals surface area contributed by atoms with Crippen LogP contribution in [0.5, 0.6) is 0 Å². The maximum absolute atomic E-state index is 12.7.